The molecule has 7 heteroatoms. The quantitative estimate of drug-likeness (QED) is 0.433. The van der Waals surface area contributed by atoms with E-state index >= 15 is 0 Å². The molecule has 7 nitrogen and oxygen atoms in total. The van der Waals surface area contributed by atoms with E-state index in [-0.39, 0.29) is 39.4 Å². The molecule has 0 bridgehead atoms. The number of phenols is 4. The molecule has 0 spiro atoms. The van der Waals surface area contributed by atoms with Crippen molar-refractivity contribution in [3.63, 3.8) is 0 Å². The minimum atomic E-state index is -0.881. The minimum Gasteiger partial charge on any atom is -0.508 e. The summed E-state index contributed by atoms with van der Waals surface area (Å²) in [6, 6.07) is 3.53. The van der Waals surface area contributed by atoms with Crippen LogP contribution in [0.2, 0.25) is 0 Å². The highest BCUT2D eigenvalue weighted by Crippen LogP contribution is 2.42. The molecule has 0 saturated carbocycles. The average molecular weight is 330 g/mol. The summed E-state index contributed by atoms with van der Waals surface area (Å²) in [7, 11) is 0. The fourth-order valence-corrected chi connectivity index (χ4v) is 2.58. The molecule has 24 heavy (non-hydrogen) atoms. The standard InChI is InChI=1S/C17H14O7/c1-6-3-9(7(2)14(21)13(6)20)17-16(23)15(22)12-10(19)4-8(18)5-11(12)24-17/h3-5,18-21,23H,1-2H3. The molecule has 0 aliphatic carbocycles. The SMILES string of the molecule is Cc1cc(-c2oc3cc(O)cc(O)c3c(=O)c2O)c(C)c(O)c1O. The largest absolute Gasteiger partial charge is 0.508 e. The van der Waals surface area contributed by atoms with Gasteiger partial charge in [0.2, 0.25) is 11.2 Å². The Bertz CT molecular complexity index is 1050. The van der Waals surface area contributed by atoms with Crippen LogP contribution in [0.5, 0.6) is 28.7 Å². The van der Waals surface area contributed by atoms with E-state index < -0.39 is 22.7 Å². The van der Waals surface area contributed by atoms with Crippen LogP contribution >= 0.6 is 0 Å². The molecule has 0 saturated heterocycles. The molecule has 0 aliphatic heterocycles. The van der Waals surface area contributed by atoms with Crippen molar-refractivity contribution >= 4 is 11.0 Å². The van der Waals surface area contributed by atoms with E-state index in [1.54, 1.807) is 0 Å². The Hall–Kier alpha value is -3.35. The molecule has 0 fully saturated rings. The van der Waals surface area contributed by atoms with E-state index in [0.717, 1.165) is 12.1 Å². The van der Waals surface area contributed by atoms with Gasteiger partial charge in [-0.25, -0.2) is 0 Å². The first-order valence-corrected chi connectivity index (χ1v) is 6.96. The van der Waals surface area contributed by atoms with Gasteiger partial charge in [-0.05, 0) is 25.5 Å². The Labute approximate surface area is 135 Å². The third kappa shape index (κ3) is 2.10. The van der Waals surface area contributed by atoms with Crippen LogP contribution in [0, 0.1) is 13.8 Å². The molecule has 0 atom stereocenters. The van der Waals surface area contributed by atoms with E-state index in [1.165, 1.54) is 19.9 Å². The Morgan fingerprint density at radius 1 is 0.875 bits per heavy atom. The smallest absolute Gasteiger partial charge is 0.238 e. The molecule has 0 amide bonds. The number of phenolic OH excluding ortho intramolecular Hbond substituents is 4. The van der Waals surface area contributed by atoms with Crippen LogP contribution in [-0.4, -0.2) is 25.5 Å². The maximum atomic E-state index is 12.3. The molecule has 1 aromatic heterocycles. The number of aryl methyl sites for hydroxylation is 1. The lowest BCUT2D eigenvalue weighted by atomic mass is 10.00. The number of hydrogen-bond acceptors (Lipinski definition) is 7. The van der Waals surface area contributed by atoms with Crippen molar-refractivity contribution in [2.75, 3.05) is 0 Å². The lowest BCUT2D eigenvalue weighted by Gasteiger charge is -2.13. The van der Waals surface area contributed by atoms with Crippen LogP contribution in [-0.2, 0) is 0 Å². The zero-order valence-corrected chi connectivity index (χ0v) is 12.8. The van der Waals surface area contributed by atoms with Crippen molar-refractivity contribution in [1.82, 2.24) is 0 Å². The van der Waals surface area contributed by atoms with Crippen LogP contribution in [0.25, 0.3) is 22.3 Å². The van der Waals surface area contributed by atoms with Gasteiger partial charge < -0.3 is 29.9 Å². The van der Waals surface area contributed by atoms with Crippen molar-refractivity contribution in [2.24, 2.45) is 0 Å². The van der Waals surface area contributed by atoms with Gasteiger partial charge in [0, 0.05) is 23.3 Å². The van der Waals surface area contributed by atoms with Crippen molar-refractivity contribution in [1.29, 1.82) is 0 Å². The van der Waals surface area contributed by atoms with Crippen LogP contribution in [0.1, 0.15) is 11.1 Å². The Morgan fingerprint density at radius 3 is 2.21 bits per heavy atom. The van der Waals surface area contributed by atoms with Gasteiger partial charge in [0.25, 0.3) is 0 Å². The maximum Gasteiger partial charge on any atom is 0.238 e. The highest BCUT2D eigenvalue weighted by molar-refractivity contribution is 5.88. The fraction of sp³-hybridized carbons (Fsp3) is 0.118. The zero-order valence-electron chi connectivity index (χ0n) is 12.8. The highest BCUT2D eigenvalue weighted by atomic mass is 16.4. The summed E-state index contributed by atoms with van der Waals surface area (Å²) in [5.74, 6) is -2.55. The van der Waals surface area contributed by atoms with E-state index in [2.05, 4.69) is 0 Å². The van der Waals surface area contributed by atoms with Gasteiger partial charge >= 0.3 is 0 Å². The molecule has 2 aromatic carbocycles. The predicted octanol–water partition coefficient (Wildman–Crippen LogP) is 2.60. The molecule has 3 rings (SSSR count). The summed E-state index contributed by atoms with van der Waals surface area (Å²) in [6.07, 6.45) is 0. The minimum absolute atomic E-state index is 0.130. The number of rotatable bonds is 1. The number of hydrogen-bond donors (Lipinski definition) is 5. The van der Waals surface area contributed by atoms with Crippen molar-refractivity contribution < 1.29 is 29.9 Å². The number of aromatic hydroxyl groups is 5. The topological polar surface area (TPSA) is 131 Å². The number of fused-ring (bicyclic) bond motifs is 1. The zero-order chi connectivity index (χ0) is 17.8. The van der Waals surface area contributed by atoms with Gasteiger partial charge in [-0.1, -0.05) is 0 Å². The van der Waals surface area contributed by atoms with Gasteiger partial charge in [-0.15, -0.1) is 0 Å². The van der Waals surface area contributed by atoms with Crippen LogP contribution in [0.15, 0.2) is 27.4 Å². The first kappa shape index (κ1) is 15.5. The van der Waals surface area contributed by atoms with Gasteiger partial charge in [-0.3, -0.25) is 4.79 Å². The molecule has 0 unspecified atom stereocenters. The Balaban J connectivity index is 2.45. The van der Waals surface area contributed by atoms with Crippen molar-refractivity contribution in [3.8, 4) is 40.1 Å². The predicted molar refractivity (Wildman–Crippen MR) is 85.7 cm³/mol. The summed E-state index contributed by atoms with van der Waals surface area (Å²) in [5.41, 5.74) is -0.306. The van der Waals surface area contributed by atoms with E-state index in [0.29, 0.717) is 5.56 Å². The molecule has 5 N–H and O–H groups in total. The summed E-state index contributed by atoms with van der Waals surface area (Å²) in [5, 5.41) is 49.0. The van der Waals surface area contributed by atoms with Crippen molar-refractivity contribution in [2.45, 2.75) is 13.8 Å². The number of benzene rings is 2. The van der Waals surface area contributed by atoms with Crippen LogP contribution < -0.4 is 5.43 Å². The van der Waals surface area contributed by atoms with Crippen LogP contribution in [0.3, 0.4) is 0 Å². The van der Waals surface area contributed by atoms with E-state index in [1.807, 2.05) is 0 Å². The molecule has 1 heterocycles. The molecular formula is C17H14O7. The fourth-order valence-electron chi connectivity index (χ4n) is 2.58. The molecule has 0 radical (unpaired) electrons. The van der Waals surface area contributed by atoms with Gasteiger partial charge in [0.05, 0.1) is 0 Å². The van der Waals surface area contributed by atoms with E-state index in [4.69, 9.17) is 4.42 Å². The summed E-state index contributed by atoms with van der Waals surface area (Å²) in [4.78, 5) is 12.3. The summed E-state index contributed by atoms with van der Waals surface area (Å²) < 4.78 is 5.49. The summed E-state index contributed by atoms with van der Waals surface area (Å²) in [6.45, 7) is 3.01. The second-order valence-electron chi connectivity index (χ2n) is 5.51. The van der Waals surface area contributed by atoms with Crippen LogP contribution in [0.4, 0.5) is 0 Å². The Morgan fingerprint density at radius 2 is 1.54 bits per heavy atom. The monoisotopic (exact) mass is 330 g/mol. The average Bonchev–Trinajstić information content (AvgIpc) is 2.52. The van der Waals surface area contributed by atoms with Gasteiger partial charge in [0.1, 0.15) is 22.5 Å². The third-order valence-corrected chi connectivity index (χ3v) is 3.90. The normalized spacial score (nSPS) is 11.1. The second-order valence-corrected chi connectivity index (χ2v) is 5.51. The third-order valence-electron chi connectivity index (χ3n) is 3.90. The van der Waals surface area contributed by atoms with Crippen molar-refractivity contribution in [3.05, 3.63) is 39.5 Å². The van der Waals surface area contributed by atoms with Gasteiger partial charge in [0.15, 0.2) is 17.3 Å². The van der Waals surface area contributed by atoms with E-state index in [9.17, 15) is 30.3 Å². The first-order valence-electron chi connectivity index (χ1n) is 6.96. The molecule has 124 valence electrons. The lowest BCUT2D eigenvalue weighted by Crippen LogP contribution is -2.03. The molecule has 3 aromatic rings. The first-order chi connectivity index (χ1) is 11.2. The maximum absolute atomic E-state index is 12.3. The summed E-state index contributed by atoms with van der Waals surface area (Å²) >= 11 is 0. The molecular weight excluding hydrogens is 316 g/mol. The highest BCUT2D eigenvalue weighted by Gasteiger charge is 2.22. The second kappa shape index (κ2) is 5.09. The Kier molecular flexibility index (Phi) is 3.30. The lowest BCUT2D eigenvalue weighted by molar-refractivity contribution is 0.398. The van der Waals surface area contributed by atoms with Gasteiger partial charge in [-0.2, -0.15) is 0 Å². The molecule has 0 aliphatic rings.